The molecule has 0 aromatic rings. The number of hydrogen-bond donors (Lipinski definition) is 1. The van der Waals surface area contributed by atoms with E-state index in [1.165, 1.54) is 19.4 Å². The fraction of sp³-hybridized carbons (Fsp3) is 0.923. The number of piperidine rings is 1. The molecule has 1 heterocycles. The first-order valence-electron chi connectivity index (χ1n) is 6.67. The Bertz CT molecular complexity index is 225. The van der Waals surface area contributed by atoms with Gasteiger partial charge in [-0.2, -0.15) is 0 Å². The number of aliphatic carboxylic acids is 1. The average molecular weight is 243 g/mol. The minimum absolute atomic E-state index is 0.142. The van der Waals surface area contributed by atoms with Crippen molar-refractivity contribution in [3.8, 4) is 0 Å². The predicted molar refractivity (Wildman–Crippen MR) is 67.1 cm³/mol. The lowest BCUT2D eigenvalue weighted by Crippen LogP contribution is -2.39. The van der Waals surface area contributed by atoms with Crippen molar-refractivity contribution in [2.75, 3.05) is 26.2 Å². The van der Waals surface area contributed by atoms with Crippen molar-refractivity contribution >= 4 is 5.97 Å². The molecule has 1 aliphatic heterocycles. The molecule has 1 unspecified atom stereocenters. The number of carboxylic acids is 1. The molecule has 1 atom stereocenters. The molecular weight excluding hydrogens is 218 g/mol. The van der Waals surface area contributed by atoms with E-state index >= 15 is 0 Å². The van der Waals surface area contributed by atoms with E-state index in [-0.39, 0.29) is 12.7 Å². The van der Waals surface area contributed by atoms with Crippen molar-refractivity contribution in [3.05, 3.63) is 0 Å². The molecule has 4 heteroatoms. The summed E-state index contributed by atoms with van der Waals surface area (Å²) in [6, 6.07) is 0. The fourth-order valence-corrected chi connectivity index (χ4v) is 2.47. The molecule has 0 aliphatic carbocycles. The number of ether oxygens (including phenoxy) is 1. The van der Waals surface area contributed by atoms with Gasteiger partial charge in [-0.05, 0) is 25.2 Å². The average Bonchev–Trinajstić information content (AvgIpc) is 2.28. The fourth-order valence-electron chi connectivity index (χ4n) is 2.47. The van der Waals surface area contributed by atoms with Crippen LogP contribution in [0.1, 0.15) is 39.5 Å². The minimum Gasteiger partial charge on any atom is -0.480 e. The van der Waals surface area contributed by atoms with Crippen LogP contribution in [-0.4, -0.2) is 48.3 Å². The van der Waals surface area contributed by atoms with Crippen LogP contribution < -0.4 is 0 Å². The third-order valence-corrected chi connectivity index (χ3v) is 3.33. The van der Waals surface area contributed by atoms with Crippen molar-refractivity contribution in [2.24, 2.45) is 5.92 Å². The summed E-state index contributed by atoms with van der Waals surface area (Å²) in [7, 11) is 0. The highest BCUT2D eigenvalue weighted by molar-refractivity contribution is 5.68. The maximum atomic E-state index is 10.4. The molecule has 17 heavy (non-hydrogen) atoms. The maximum absolute atomic E-state index is 10.4. The Balaban J connectivity index is 2.14. The lowest BCUT2D eigenvalue weighted by Gasteiger charge is -2.33. The van der Waals surface area contributed by atoms with E-state index in [9.17, 15) is 4.79 Å². The molecule has 0 amide bonds. The van der Waals surface area contributed by atoms with E-state index in [1.807, 2.05) is 0 Å². The predicted octanol–water partition coefficient (Wildman–Crippen LogP) is 1.99. The third kappa shape index (κ3) is 6.03. The van der Waals surface area contributed by atoms with E-state index in [0.717, 1.165) is 31.8 Å². The molecule has 1 N–H and O–H groups in total. The molecule has 1 aliphatic rings. The van der Waals surface area contributed by atoms with Crippen molar-refractivity contribution < 1.29 is 14.6 Å². The summed E-state index contributed by atoms with van der Waals surface area (Å²) in [5.41, 5.74) is 0. The van der Waals surface area contributed by atoms with Crippen molar-refractivity contribution in [1.29, 1.82) is 0 Å². The molecule has 1 saturated heterocycles. The lowest BCUT2D eigenvalue weighted by atomic mass is 10.0. The summed E-state index contributed by atoms with van der Waals surface area (Å²) in [6.07, 6.45) is 4.61. The molecule has 0 aromatic heterocycles. The Morgan fingerprint density at radius 1 is 1.47 bits per heavy atom. The number of hydrogen-bond acceptors (Lipinski definition) is 3. The number of carboxylic acid groups (broad SMARTS) is 1. The van der Waals surface area contributed by atoms with Crippen LogP contribution in [0.15, 0.2) is 0 Å². The van der Waals surface area contributed by atoms with E-state index in [1.54, 1.807) is 0 Å². The zero-order valence-corrected chi connectivity index (χ0v) is 11.0. The van der Waals surface area contributed by atoms with Crippen molar-refractivity contribution in [3.63, 3.8) is 0 Å². The number of nitrogens with zero attached hydrogens (tertiary/aromatic N) is 1. The Morgan fingerprint density at radius 2 is 2.12 bits per heavy atom. The van der Waals surface area contributed by atoms with Gasteiger partial charge in [0.1, 0.15) is 6.61 Å². The van der Waals surface area contributed by atoms with Gasteiger partial charge in [-0.3, -0.25) is 0 Å². The van der Waals surface area contributed by atoms with Crippen LogP contribution in [0.3, 0.4) is 0 Å². The number of rotatable bonds is 7. The highest BCUT2D eigenvalue weighted by Gasteiger charge is 2.21. The van der Waals surface area contributed by atoms with Crippen LogP contribution in [0.25, 0.3) is 0 Å². The summed E-state index contributed by atoms with van der Waals surface area (Å²) < 4.78 is 5.32. The lowest BCUT2D eigenvalue weighted by molar-refractivity contribution is -0.145. The van der Waals surface area contributed by atoms with Crippen LogP contribution in [0.5, 0.6) is 0 Å². The van der Waals surface area contributed by atoms with Gasteiger partial charge in [0.2, 0.25) is 0 Å². The molecule has 1 rings (SSSR count). The zero-order chi connectivity index (χ0) is 12.7. The van der Waals surface area contributed by atoms with Gasteiger partial charge in [-0.1, -0.05) is 20.3 Å². The highest BCUT2D eigenvalue weighted by Crippen LogP contribution is 2.16. The van der Waals surface area contributed by atoms with Crippen LogP contribution in [0, 0.1) is 5.92 Å². The summed E-state index contributed by atoms with van der Waals surface area (Å²) in [5, 5.41) is 8.54. The van der Waals surface area contributed by atoms with E-state index < -0.39 is 5.97 Å². The van der Waals surface area contributed by atoms with Crippen molar-refractivity contribution in [2.45, 2.75) is 45.6 Å². The summed E-state index contributed by atoms with van der Waals surface area (Å²) in [6.45, 7) is 7.62. The third-order valence-electron chi connectivity index (χ3n) is 3.33. The summed E-state index contributed by atoms with van der Waals surface area (Å²) >= 11 is 0. The molecule has 0 spiro atoms. The van der Waals surface area contributed by atoms with Gasteiger partial charge in [0, 0.05) is 19.6 Å². The van der Waals surface area contributed by atoms with Gasteiger partial charge in [-0.15, -0.1) is 0 Å². The highest BCUT2D eigenvalue weighted by atomic mass is 16.5. The second-order valence-electron chi connectivity index (χ2n) is 5.10. The SMILES string of the molecule is CCCC(C)CN1CCC(OCC(=O)O)CC1. The summed E-state index contributed by atoms with van der Waals surface area (Å²) in [5.74, 6) is -0.111. The van der Waals surface area contributed by atoms with Gasteiger partial charge in [0.25, 0.3) is 0 Å². The number of likely N-dealkylation sites (tertiary alicyclic amines) is 1. The Morgan fingerprint density at radius 3 is 2.65 bits per heavy atom. The molecule has 0 bridgehead atoms. The topological polar surface area (TPSA) is 49.8 Å². The van der Waals surface area contributed by atoms with Gasteiger partial charge < -0.3 is 14.7 Å². The van der Waals surface area contributed by atoms with E-state index in [2.05, 4.69) is 18.7 Å². The summed E-state index contributed by atoms with van der Waals surface area (Å²) in [4.78, 5) is 12.9. The second kappa shape index (κ2) is 7.67. The van der Waals surface area contributed by atoms with Gasteiger partial charge in [0.05, 0.1) is 6.10 Å². The van der Waals surface area contributed by atoms with Gasteiger partial charge >= 0.3 is 5.97 Å². The Kier molecular flexibility index (Phi) is 6.52. The monoisotopic (exact) mass is 243 g/mol. The molecule has 0 radical (unpaired) electrons. The van der Waals surface area contributed by atoms with Gasteiger partial charge in [0.15, 0.2) is 0 Å². The molecule has 100 valence electrons. The quantitative estimate of drug-likeness (QED) is 0.743. The van der Waals surface area contributed by atoms with E-state index in [4.69, 9.17) is 9.84 Å². The minimum atomic E-state index is -0.871. The molecule has 0 saturated carbocycles. The Hall–Kier alpha value is -0.610. The first-order valence-corrected chi connectivity index (χ1v) is 6.67. The smallest absolute Gasteiger partial charge is 0.329 e. The Labute approximate surface area is 104 Å². The normalized spacial score (nSPS) is 20.4. The second-order valence-corrected chi connectivity index (χ2v) is 5.10. The van der Waals surface area contributed by atoms with Crippen LogP contribution >= 0.6 is 0 Å². The molecular formula is C13H25NO3. The molecule has 0 aromatic carbocycles. The molecule has 1 fully saturated rings. The van der Waals surface area contributed by atoms with Crippen LogP contribution in [0.2, 0.25) is 0 Å². The standard InChI is InChI=1S/C13H25NO3/c1-3-4-11(2)9-14-7-5-12(6-8-14)17-10-13(15)16/h11-12H,3-10H2,1-2H3,(H,15,16). The van der Waals surface area contributed by atoms with Crippen LogP contribution in [-0.2, 0) is 9.53 Å². The first-order chi connectivity index (χ1) is 8.11. The van der Waals surface area contributed by atoms with Crippen molar-refractivity contribution in [1.82, 2.24) is 4.90 Å². The van der Waals surface area contributed by atoms with Crippen LogP contribution in [0.4, 0.5) is 0 Å². The largest absolute Gasteiger partial charge is 0.480 e. The number of carbonyl (C=O) groups is 1. The molecule has 4 nitrogen and oxygen atoms in total. The van der Waals surface area contributed by atoms with E-state index in [0.29, 0.717) is 0 Å². The zero-order valence-electron chi connectivity index (χ0n) is 11.0. The maximum Gasteiger partial charge on any atom is 0.329 e. The first kappa shape index (κ1) is 14.5. The van der Waals surface area contributed by atoms with Gasteiger partial charge in [-0.25, -0.2) is 4.79 Å².